The maximum atomic E-state index is 16.1. The van der Waals surface area contributed by atoms with E-state index in [0.717, 1.165) is 55.5 Å². The Kier molecular flexibility index (Phi) is 10.3. The molecule has 0 fully saturated rings. The Morgan fingerprint density at radius 2 is 1.29 bits per heavy atom. The second-order valence-electron chi connectivity index (χ2n) is 13.7. The summed E-state index contributed by atoms with van der Waals surface area (Å²) < 4.78 is 81.1. The van der Waals surface area contributed by atoms with E-state index in [1.54, 1.807) is 16.0 Å². The number of unbranched alkanes of at least 4 members (excludes halogenated alkanes) is 2. The number of allylic oxidation sites excluding steroid dienone is 2. The normalized spacial score (nSPS) is 14.3. The summed E-state index contributed by atoms with van der Waals surface area (Å²) in [5.74, 6) is 0.137. The fourth-order valence-electron chi connectivity index (χ4n) is 6.96. The molecule has 0 bridgehead atoms. The number of rotatable bonds is 11. The fourth-order valence-corrected chi connectivity index (χ4v) is 9.71. The molecule has 0 radical (unpaired) electrons. The lowest BCUT2D eigenvalue weighted by Gasteiger charge is -2.08. The number of thiophene rings is 2. The molecule has 55 heavy (non-hydrogen) atoms. The fraction of sp³-hybridized carbons (Fsp3) is 0.268. The van der Waals surface area contributed by atoms with Crippen molar-refractivity contribution in [1.82, 2.24) is 19.6 Å². The van der Waals surface area contributed by atoms with Crippen LogP contribution in [0.4, 0.5) is 8.78 Å². The molecule has 2 aliphatic heterocycles. The number of hydrogen-bond donors (Lipinski definition) is 1. The van der Waals surface area contributed by atoms with Crippen LogP contribution in [0.25, 0.3) is 32.8 Å². The number of hydrogen-bond acceptors (Lipinski definition) is 8. The van der Waals surface area contributed by atoms with Gasteiger partial charge in [0, 0.05) is 30.0 Å². The molecule has 9 nitrogen and oxygen atoms in total. The van der Waals surface area contributed by atoms with Gasteiger partial charge in [-0.1, -0.05) is 59.7 Å². The topological polar surface area (TPSA) is 108 Å². The summed E-state index contributed by atoms with van der Waals surface area (Å²) in [7, 11) is -4.49. The summed E-state index contributed by atoms with van der Waals surface area (Å²) in [4.78, 5) is 1.40. The average molecular weight is 801 g/mol. The van der Waals surface area contributed by atoms with Crippen LogP contribution in [0.1, 0.15) is 64.0 Å². The SMILES string of the molecule is Cc1ccc(Cn2nc(/C(F)=C/CCC/C=C(\F)c3nn(Cc4ccc(C)cc4)c4c3CCOc3cc(S(=O)(=O)O)sc3-4)c3c2-c2sccc2OCC3)cc1. The minimum Gasteiger partial charge on any atom is -0.492 e. The number of aromatic nitrogens is 4. The van der Waals surface area contributed by atoms with Crippen LogP contribution in [0.15, 0.2) is 82.4 Å². The maximum Gasteiger partial charge on any atom is 0.304 e. The summed E-state index contributed by atoms with van der Waals surface area (Å²) in [5.41, 5.74) is 7.54. The molecule has 6 heterocycles. The van der Waals surface area contributed by atoms with Crippen LogP contribution in [-0.2, 0) is 36.0 Å². The van der Waals surface area contributed by atoms with Crippen LogP contribution in [0.3, 0.4) is 0 Å². The largest absolute Gasteiger partial charge is 0.492 e. The first kappa shape index (κ1) is 37.1. The zero-order valence-corrected chi connectivity index (χ0v) is 32.7. The van der Waals surface area contributed by atoms with Gasteiger partial charge in [0.15, 0.2) is 4.21 Å². The third-order valence-corrected chi connectivity index (χ3v) is 13.1. The Labute approximate surface area is 325 Å². The summed E-state index contributed by atoms with van der Waals surface area (Å²) in [6, 6.07) is 19.4. The summed E-state index contributed by atoms with van der Waals surface area (Å²) in [5, 5.41) is 11.5. The van der Waals surface area contributed by atoms with Crippen molar-refractivity contribution in [2.45, 2.75) is 63.3 Å². The second-order valence-corrected chi connectivity index (χ2v) is 17.3. The van der Waals surface area contributed by atoms with E-state index in [9.17, 15) is 13.0 Å². The number of nitrogens with zero attached hydrogens (tertiary/aromatic N) is 4. The number of benzene rings is 2. The lowest BCUT2D eigenvalue weighted by Crippen LogP contribution is -2.04. The van der Waals surface area contributed by atoms with E-state index in [0.29, 0.717) is 79.4 Å². The highest BCUT2D eigenvalue weighted by molar-refractivity contribution is 7.88. The van der Waals surface area contributed by atoms with Gasteiger partial charge in [-0.3, -0.25) is 13.9 Å². The Balaban J connectivity index is 1.04. The third-order valence-electron chi connectivity index (χ3n) is 9.72. The maximum absolute atomic E-state index is 16.1. The molecule has 2 aromatic carbocycles. The summed E-state index contributed by atoms with van der Waals surface area (Å²) in [6.07, 6.45) is 5.02. The molecule has 0 spiro atoms. The molecular formula is C41H38F2N4O5S3. The van der Waals surface area contributed by atoms with E-state index in [2.05, 4.69) is 24.3 Å². The van der Waals surface area contributed by atoms with Crippen molar-refractivity contribution in [2.24, 2.45) is 0 Å². The second kappa shape index (κ2) is 15.3. The van der Waals surface area contributed by atoms with Crippen molar-refractivity contribution >= 4 is 44.4 Å². The molecular weight excluding hydrogens is 763 g/mol. The van der Waals surface area contributed by atoms with Crippen molar-refractivity contribution in [3.63, 3.8) is 0 Å². The van der Waals surface area contributed by atoms with Gasteiger partial charge in [-0.2, -0.15) is 18.6 Å². The number of aryl methyl sites for hydroxylation is 2. The molecule has 2 aliphatic rings. The van der Waals surface area contributed by atoms with Gasteiger partial charge >= 0.3 is 10.1 Å². The molecule has 0 atom stereocenters. The molecule has 0 saturated heterocycles. The molecule has 0 unspecified atom stereocenters. The Morgan fingerprint density at radius 3 is 1.82 bits per heavy atom. The van der Waals surface area contributed by atoms with Gasteiger partial charge in [0.1, 0.15) is 34.5 Å². The lowest BCUT2D eigenvalue weighted by molar-refractivity contribution is 0.326. The van der Waals surface area contributed by atoms with Crippen molar-refractivity contribution in [1.29, 1.82) is 0 Å². The van der Waals surface area contributed by atoms with E-state index < -0.39 is 21.8 Å². The molecule has 14 heteroatoms. The van der Waals surface area contributed by atoms with Gasteiger partial charge in [0.05, 0.1) is 47.4 Å². The Hall–Kier alpha value is -4.89. The molecule has 284 valence electrons. The highest BCUT2D eigenvalue weighted by atomic mass is 32.3. The Bertz CT molecular complexity index is 2550. The number of halogens is 2. The van der Waals surface area contributed by atoms with Gasteiger partial charge in [0.25, 0.3) is 0 Å². The van der Waals surface area contributed by atoms with E-state index in [-0.39, 0.29) is 16.5 Å². The minimum atomic E-state index is -4.49. The highest BCUT2D eigenvalue weighted by Crippen LogP contribution is 2.46. The first-order valence-corrected chi connectivity index (χ1v) is 21.1. The van der Waals surface area contributed by atoms with Crippen molar-refractivity contribution in [3.05, 3.63) is 123 Å². The van der Waals surface area contributed by atoms with Gasteiger partial charge in [0.2, 0.25) is 0 Å². The standard InChI is InChI=1S/C41H38F2N4O5S3/c1-25-8-12-27(13-9-25)23-46-38-29(16-19-51-33-18-21-53-40(33)38)36(44-46)31(42)6-4-3-5-7-32(43)37-30-17-20-52-34-22-35(55(48,49)50)54-41(34)39(30)47(45-37)24-28-14-10-26(2)11-15-28/h6-15,18,21-22H,3-5,16-17,19-20,23-24H2,1-2H3,(H,48,49,50)/b31-6-,32-7-. The Morgan fingerprint density at radius 1 is 0.782 bits per heavy atom. The molecule has 0 aliphatic carbocycles. The van der Waals surface area contributed by atoms with Crippen LogP contribution < -0.4 is 9.47 Å². The zero-order valence-electron chi connectivity index (χ0n) is 30.2. The van der Waals surface area contributed by atoms with Crippen LogP contribution in [0.2, 0.25) is 0 Å². The van der Waals surface area contributed by atoms with Crippen LogP contribution in [0, 0.1) is 13.8 Å². The zero-order chi connectivity index (χ0) is 38.3. The predicted molar refractivity (Wildman–Crippen MR) is 212 cm³/mol. The first-order valence-electron chi connectivity index (χ1n) is 18.0. The summed E-state index contributed by atoms with van der Waals surface area (Å²) >= 11 is 2.42. The third kappa shape index (κ3) is 7.68. The number of fused-ring (bicyclic) bond motifs is 6. The number of ether oxygens (including phenoxy) is 2. The molecule has 4 aromatic heterocycles. The van der Waals surface area contributed by atoms with E-state index in [4.69, 9.17) is 19.7 Å². The van der Waals surface area contributed by atoms with E-state index in [1.165, 1.54) is 18.2 Å². The lowest BCUT2D eigenvalue weighted by atomic mass is 10.1. The first-order chi connectivity index (χ1) is 26.5. The molecule has 1 N–H and O–H groups in total. The minimum absolute atomic E-state index is 0.152. The predicted octanol–water partition coefficient (Wildman–Crippen LogP) is 9.86. The molecule has 6 aromatic rings. The monoisotopic (exact) mass is 800 g/mol. The summed E-state index contributed by atoms with van der Waals surface area (Å²) in [6.45, 7) is 5.42. The van der Waals surface area contributed by atoms with Crippen molar-refractivity contribution in [3.8, 4) is 32.6 Å². The van der Waals surface area contributed by atoms with E-state index >= 15 is 8.78 Å². The average Bonchev–Trinajstić information content (AvgIpc) is 3.91. The van der Waals surface area contributed by atoms with Crippen molar-refractivity contribution in [2.75, 3.05) is 13.2 Å². The van der Waals surface area contributed by atoms with Gasteiger partial charge < -0.3 is 9.47 Å². The molecule has 0 saturated carbocycles. The van der Waals surface area contributed by atoms with Gasteiger partial charge in [-0.15, -0.1) is 22.7 Å². The van der Waals surface area contributed by atoms with Gasteiger partial charge in [-0.05, 0) is 67.8 Å². The van der Waals surface area contributed by atoms with Gasteiger partial charge in [-0.25, -0.2) is 8.78 Å². The van der Waals surface area contributed by atoms with Crippen LogP contribution >= 0.6 is 22.7 Å². The molecule has 0 amide bonds. The van der Waals surface area contributed by atoms with Crippen LogP contribution in [0.5, 0.6) is 11.5 Å². The quantitative estimate of drug-likeness (QED) is 0.103. The highest BCUT2D eigenvalue weighted by Gasteiger charge is 2.31. The molecule has 8 rings (SSSR count). The smallest absolute Gasteiger partial charge is 0.304 e. The van der Waals surface area contributed by atoms with Crippen molar-refractivity contribution < 1.29 is 31.2 Å². The van der Waals surface area contributed by atoms with Crippen LogP contribution in [-0.4, -0.2) is 45.7 Å². The van der Waals surface area contributed by atoms with E-state index in [1.807, 2.05) is 54.2 Å².